The van der Waals surface area contributed by atoms with E-state index in [4.69, 9.17) is 0 Å². The third-order valence-corrected chi connectivity index (χ3v) is 7.52. The molecule has 196 valence electrons. The lowest BCUT2D eigenvalue weighted by Crippen LogP contribution is -2.11. The van der Waals surface area contributed by atoms with Gasteiger partial charge in [0.2, 0.25) is 0 Å². The summed E-state index contributed by atoms with van der Waals surface area (Å²) in [5.41, 5.74) is 9.67. The molecule has 1 heteroatoms. The third-order valence-electron chi connectivity index (χ3n) is 7.52. The number of halogens is 1. The van der Waals surface area contributed by atoms with Gasteiger partial charge in [-0.25, -0.2) is 4.39 Å². The van der Waals surface area contributed by atoms with E-state index >= 15 is 0 Å². The highest BCUT2D eigenvalue weighted by Gasteiger charge is 2.23. The van der Waals surface area contributed by atoms with Crippen LogP contribution < -0.4 is 0 Å². The Balaban J connectivity index is 2.49. The lowest BCUT2D eigenvalue weighted by atomic mass is 9.78. The van der Waals surface area contributed by atoms with Gasteiger partial charge in [-0.15, -0.1) is 5.73 Å². The van der Waals surface area contributed by atoms with E-state index in [1.807, 2.05) is 18.2 Å². The number of hydrogen-bond acceptors (Lipinski definition) is 0. The quantitative estimate of drug-likeness (QED) is 0.179. The Hall–Kier alpha value is -2.37. The molecule has 0 radical (unpaired) electrons. The van der Waals surface area contributed by atoms with Crippen molar-refractivity contribution < 1.29 is 4.39 Å². The first-order chi connectivity index (χ1) is 17.1. The minimum Gasteiger partial charge on any atom is -0.207 e. The van der Waals surface area contributed by atoms with Crippen molar-refractivity contribution in [3.8, 4) is 0 Å². The van der Waals surface area contributed by atoms with E-state index < -0.39 is 0 Å². The molecule has 0 spiro atoms. The van der Waals surface area contributed by atoms with Gasteiger partial charge in [-0.05, 0) is 104 Å². The summed E-state index contributed by atoms with van der Waals surface area (Å²) in [7, 11) is 0. The smallest absolute Gasteiger partial charge is 0.118 e. The van der Waals surface area contributed by atoms with Gasteiger partial charge in [-0.1, -0.05) is 96.1 Å². The van der Waals surface area contributed by atoms with Crippen LogP contribution in [-0.2, 0) is 0 Å². The van der Waals surface area contributed by atoms with Crippen LogP contribution in [0.4, 0.5) is 4.39 Å². The van der Waals surface area contributed by atoms with E-state index in [9.17, 15) is 4.39 Å². The fourth-order valence-corrected chi connectivity index (χ4v) is 5.59. The first-order valence-electron chi connectivity index (χ1n) is 14.0. The highest BCUT2D eigenvalue weighted by atomic mass is 19.1. The molecule has 0 aliphatic heterocycles. The van der Waals surface area contributed by atoms with Crippen LogP contribution in [0.5, 0.6) is 0 Å². The molecule has 0 saturated heterocycles. The highest BCUT2D eigenvalue weighted by Crippen LogP contribution is 2.39. The van der Waals surface area contributed by atoms with Crippen LogP contribution in [0.2, 0.25) is 0 Å². The molecule has 3 unspecified atom stereocenters. The summed E-state index contributed by atoms with van der Waals surface area (Å²) in [4.78, 5) is 0. The summed E-state index contributed by atoms with van der Waals surface area (Å²) in [5, 5.41) is 0. The van der Waals surface area contributed by atoms with Crippen molar-refractivity contribution in [2.24, 2.45) is 29.6 Å². The fourth-order valence-electron chi connectivity index (χ4n) is 5.59. The van der Waals surface area contributed by atoms with Crippen molar-refractivity contribution in [1.82, 2.24) is 0 Å². The van der Waals surface area contributed by atoms with E-state index in [0.29, 0.717) is 18.3 Å². The van der Waals surface area contributed by atoms with E-state index in [2.05, 4.69) is 85.1 Å². The van der Waals surface area contributed by atoms with Crippen LogP contribution in [0.3, 0.4) is 0 Å². The second kappa shape index (κ2) is 15.0. The standard InChI is InChI=1S/C35H49F/c1-9-33(29(8)26(4)5)35(31-16-12-10-11-13-17-31)34(30-19-21-32(36)22-20-30)18-14-15-27(6)24-28(7)23-25(2)3/h9-12,16-17,19,21-22,25-28,30H,1,14-15,18,20,23-24H2,2-8H3/b33-29+,35-34+. The molecule has 2 aliphatic rings. The molecule has 36 heavy (non-hydrogen) atoms. The Morgan fingerprint density at radius 2 is 1.86 bits per heavy atom. The summed E-state index contributed by atoms with van der Waals surface area (Å²) in [6.07, 6.45) is 24.4. The first kappa shape index (κ1) is 29.9. The zero-order valence-electron chi connectivity index (χ0n) is 23.9. The number of allylic oxidation sites excluding steroid dienone is 14. The van der Waals surface area contributed by atoms with Crippen molar-refractivity contribution in [2.75, 3.05) is 0 Å². The second-order valence-corrected chi connectivity index (χ2v) is 11.6. The van der Waals surface area contributed by atoms with E-state index in [0.717, 1.165) is 30.3 Å². The molecule has 2 aliphatic carbocycles. The minimum atomic E-state index is -0.128. The zero-order valence-corrected chi connectivity index (χ0v) is 23.9. The molecule has 0 heterocycles. The monoisotopic (exact) mass is 488 g/mol. The average molecular weight is 489 g/mol. The minimum absolute atomic E-state index is 0.128. The van der Waals surface area contributed by atoms with Gasteiger partial charge >= 0.3 is 0 Å². The number of rotatable bonds is 13. The zero-order chi connectivity index (χ0) is 26.7. The molecular weight excluding hydrogens is 439 g/mol. The lowest BCUT2D eigenvalue weighted by molar-refractivity contribution is 0.339. The molecule has 0 aromatic rings. The van der Waals surface area contributed by atoms with Gasteiger partial charge in [0.1, 0.15) is 5.83 Å². The van der Waals surface area contributed by atoms with Crippen molar-refractivity contribution in [3.05, 3.63) is 101 Å². The van der Waals surface area contributed by atoms with Gasteiger partial charge < -0.3 is 0 Å². The van der Waals surface area contributed by atoms with Crippen LogP contribution in [0.25, 0.3) is 0 Å². The van der Waals surface area contributed by atoms with E-state index in [-0.39, 0.29) is 11.7 Å². The molecule has 0 amide bonds. The van der Waals surface area contributed by atoms with Gasteiger partial charge in [-0.2, -0.15) is 0 Å². The first-order valence-corrected chi connectivity index (χ1v) is 14.0. The van der Waals surface area contributed by atoms with E-state index in [1.165, 1.54) is 41.6 Å². The summed E-state index contributed by atoms with van der Waals surface area (Å²) in [6.45, 7) is 20.4. The van der Waals surface area contributed by atoms with Gasteiger partial charge in [0.15, 0.2) is 0 Å². The van der Waals surface area contributed by atoms with Crippen LogP contribution in [-0.4, -0.2) is 0 Å². The van der Waals surface area contributed by atoms with Crippen molar-refractivity contribution >= 4 is 0 Å². The Morgan fingerprint density at radius 1 is 1.11 bits per heavy atom. The fraction of sp³-hybridized carbons (Fsp3) is 0.514. The predicted molar refractivity (Wildman–Crippen MR) is 157 cm³/mol. The molecule has 0 saturated carbocycles. The molecule has 0 nitrogen and oxygen atoms in total. The van der Waals surface area contributed by atoms with E-state index in [1.54, 1.807) is 12.2 Å². The maximum absolute atomic E-state index is 14.0. The predicted octanol–water partition coefficient (Wildman–Crippen LogP) is 11.0. The summed E-state index contributed by atoms with van der Waals surface area (Å²) in [5.74, 6) is 2.71. The topological polar surface area (TPSA) is 0 Å². The Bertz CT molecular complexity index is 995. The number of hydrogen-bond donors (Lipinski definition) is 0. The second-order valence-electron chi connectivity index (χ2n) is 11.6. The molecule has 0 aromatic heterocycles. The third kappa shape index (κ3) is 9.25. The van der Waals surface area contributed by atoms with Crippen LogP contribution >= 0.6 is 0 Å². The lowest BCUT2D eigenvalue weighted by Gasteiger charge is -2.27. The molecule has 0 N–H and O–H groups in total. The van der Waals surface area contributed by atoms with Crippen molar-refractivity contribution in [2.45, 2.75) is 87.0 Å². The van der Waals surface area contributed by atoms with Gasteiger partial charge in [0.05, 0.1) is 0 Å². The maximum Gasteiger partial charge on any atom is 0.118 e. The highest BCUT2D eigenvalue weighted by molar-refractivity contribution is 5.61. The van der Waals surface area contributed by atoms with Gasteiger partial charge in [0, 0.05) is 5.92 Å². The van der Waals surface area contributed by atoms with Crippen LogP contribution in [0.1, 0.15) is 87.0 Å². The summed E-state index contributed by atoms with van der Waals surface area (Å²) >= 11 is 0. The molecule has 0 bridgehead atoms. The molecule has 3 atom stereocenters. The summed E-state index contributed by atoms with van der Waals surface area (Å²) < 4.78 is 14.0. The Morgan fingerprint density at radius 3 is 2.47 bits per heavy atom. The largest absolute Gasteiger partial charge is 0.207 e. The molecule has 0 aromatic carbocycles. The van der Waals surface area contributed by atoms with Crippen molar-refractivity contribution in [1.29, 1.82) is 0 Å². The normalized spacial score (nSPS) is 20.6. The maximum atomic E-state index is 14.0. The van der Waals surface area contributed by atoms with Gasteiger partial charge in [0.25, 0.3) is 0 Å². The van der Waals surface area contributed by atoms with Crippen molar-refractivity contribution in [3.63, 3.8) is 0 Å². The van der Waals surface area contributed by atoms with Gasteiger partial charge in [-0.3, -0.25) is 0 Å². The summed E-state index contributed by atoms with van der Waals surface area (Å²) in [6, 6.07) is 0. The Labute approximate surface area is 221 Å². The molecule has 0 fully saturated rings. The Kier molecular flexibility index (Phi) is 12.5. The molecular formula is C35H49F. The SMILES string of the molecule is C=CC(/C(C1=CC=CC=C=C1)=C(\CCCC(C)CC(C)CC(C)C)C1C=CC(F)=CC1)=C(/C)C(C)C. The van der Waals surface area contributed by atoms with Crippen LogP contribution in [0.15, 0.2) is 101 Å². The molecule has 2 rings (SSSR count). The van der Waals surface area contributed by atoms with Crippen LogP contribution in [0, 0.1) is 29.6 Å². The average Bonchev–Trinajstić information content (AvgIpc) is 3.09.